The van der Waals surface area contributed by atoms with Crippen molar-refractivity contribution < 1.29 is 18.7 Å². The quantitative estimate of drug-likeness (QED) is 0.350. The molecule has 4 rings (SSSR count). The van der Waals surface area contributed by atoms with Crippen molar-refractivity contribution in [1.29, 1.82) is 0 Å². The van der Waals surface area contributed by atoms with E-state index in [-0.39, 0.29) is 23.3 Å². The molecular formula is C33H40FN3O3. The van der Waals surface area contributed by atoms with Gasteiger partial charge in [0.15, 0.2) is 0 Å². The van der Waals surface area contributed by atoms with Crippen LogP contribution < -0.4 is 10.1 Å². The van der Waals surface area contributed by atoms with Crippen molar-refractivity contribution in [2.75, 3.05) is 26.7 Å². The van der Waals surface area contributed by atoms with Crippen LogP contribution in [0.15, 0.2) is 78.9 Å². The highest BCUT2D eigenvalue weighted by Crippen LogP contribution is 2.30. The first-order chi connectivity index (χ1) is 19.2. The second kappa shape index (κ2) is 13.1. The largest absolute Gasteiger partial charge is 0.497 e. The maximum absolute atomic E-state index is 14.7. The molecular weight excluding hydrogens is 505 g/mol. The molecule has 7 heteroatoms. The van der Waals surface area contributed by atoms with Gasteiger partial charge in [-0.3, -0.25) is 9.59 Å². The molecule has 2 atom stereocenters. The summed E-state index contributed by atoms with van der Waals surface area (Å²) >= 11 is 0. The van der Waals surface area contributed by atoms with Crippen molar-refractivity contribution in [3.05, 3.63) is 101 Å². The van der Waals surface area contributed by atoms with Crippen LogP contribution in [0.2, 0.25) is 0 Å². The van der Waals surface area contributed by atoms with Crippen molar-refractivity contribution in [3.63, 3.8) is 0 Å². The van der Waals surface area contributed by atoms with Crippen LogP contribution in [0.4, 0.5) is 4.39 Å². The molecule has 3 aromatic rings. The number of carbonyl (C=O) groups excluding carboxylic acids is 2. The number of piperazine rings is 1. The number of nitrogens with one attached hydrogen (secondary N) is 1. The Labute approximate surface area is 237 Å². The van der Waals surface area contributed by atoms with Crippen LogP contribution in [0.3, 0.4) is 0 Å². The first kappa shape index (κ1) is 29.3. The van der Waals surface area contributed by atoms with E-state index in [2.05, 4.69) is 26.1 Å². The third kappa shape index (κ3) is 7.27. The zero-order valence-electron chi connectivity index (χ0n) is 23.9. The molecule has 3 aromatic carbocycles. The van der Waals surface area contributed by atoms with E-state index in [1.165, 1.54) is 6.07 Å². The van der Waals surface area contributed by atoms with E-state index in [4.69, 9.17) is 4.74 Å². The van der Waals surface area contributed by atoms with Crippen LogP contribution in [-0.2, 0) is 29.0 Å². The summed E-state index contributed by atoms with van der Waals surface area (Å²) in [5, 5.41) is 3.44. The molecule has 1 aliphatic heterocycles. The van der Waals surface area contributed by atoms with Gasteiger partial charge in [0.1, 0.15) is 11.6 Å². The molecule has 0 unspecified atom stereocenters. The second-order valence-corrected chi connectivity index (χ2v) is 11.5. The van der Waals surface area contributed by atoms with Crippen molar-refractivity contribution >= 4 is 11.8 Å². The Balaban J connectivity index is 1.56. The molecule has 1 aliphatic rings. The molecule has 0 saturated carbocycles. The summed E-state index contributed by atoms with van der Waals surface area (Å²) in [6.45, 7) is 8.14. The Hall–Kier alpha value is -3.71. The van der Waals surface area contributed by atoms with Crippen LogP contribution in [0.5, 0.6) is 5.75 Å². The number of methoxy groups -OCH3 is 1. The van der Waals surface area contributed by atoms with Gasteiger partial charge in [-0.25, -0.2) is 4.39 Å². The number of rotatable bonds is 11. The number of carbonyl (C=O) groups is 2. The first-order valence-corrected chi connectivity index (χ1v) is 13.9. The number of hydrogen-bond donors (Lipinski definition) is 1. The van der Waals surface area contributed by atoms with E-state index in [0.29, 0.717) is 44.6 Å². The molecule has 1 saturated heterocycles. The van der Waals surface area contributed by atoms with E-state index in [1.807, 2.05) is 54.6 Å². The molecule has 1 fully saturated rings. The lowest BCUT2D eigenvalue weighted by Gasteiger charge is -2.48. The van der Waals surface area contributed by atoms with E-state index < -0.39 is 11.8 Å². The predicted octanol–water partition coefficient (Wildman–Crippen LogP) is 4.86. The van der Waals surface area contributed by atoms with Crippen LogP contribution in [-0.4, -0.2) is 60.4 Å². The molecule has 0 spiro atoms. The summed E-state index contributed by atoms with van der Waals surface area (Å²) < 4.78 is 20.1. The Kier molecular flexibility index (Phi) is 9.58. The highest BCUT2D eigenvalue weighted by molar-refractivity contribution is 6.35. The van der Waals surface area contributed by atoms with E-state index >= 15 is 0 Å². The minimum Gasteiger partial charge on any atom is -0.497 e. The predicted molar refractivity (Wildman–Crippen MR) is 155 cm³/mol. The number of hydrogen-bond acceptors (Lipinski definition) is 4. The molecule has 1 heterocycles. The van der Waals surface area contributed by atoms with Crippen molar-refractivity contribution in [3.8, 4) is 5.75 Å². The Morgan fingerprint density at radius 3 is 2.35 bits per heavy atom. The normalized spacial score (nSPS) is 16.8. The standard InChI is InChI=1S/C33H40FN3O3/c1-33(2,3)30-23-37(32(39)31(38)36(30)18-17-24-13-10-15-28(19-24)40-4)27(20-26-14-8-9-16-29(26)34)22-35-21-25-11-6-5-7-12-25/h5-16,19,27,30,35H,17-18,20-23H2,1-4H3/t27-,30-/m1/s1. The summed E-state index contributed by atoms with van der Waals surface area (Å²) in [6.07, 6.45) is 0.925. The van der Waals surface area contributed by atoms with Gasteiger partial charge in [-0.05, 0) is 53.1 Å². The highest BCUT2D eigenvalue weighted by Gasteiger charge is 2.45. The molecule has 6 nitrogen and oxygen atoms in total. The fourth-order valence-electron chi connectivity index (χ4n) is 5.34. The van der Waals surface area contributed by atoms with Crippen molar-refractivity contribution in [2.24, 2.45) is 5.41 Å². The fourth-order valence-corrected chi connectivity index (χ4v) is 5.34. The average molecular weight is 546 g/mol. The fraction of sp³-hybridized carbons (Fsp3) is 0.394. The van der Waals surface area contributed by atoms with Gasteiger partial charge in [0.25, 0.3) is 0 Å². The summed E-state index contributed by atoms with van der Waals surface area (Å²) in [6, 6.07) is 23.8. The van der Waals surface area contributed by atoms with Crippen LogP contribution in [0, 0.1) is 11.2 Å². The molecule has 0 aliphatic carbocycles. The van der Waals surface area contributed by atoms with Gasteiger partial charge >= 0.3 is 11.8 Å². The minimum absolute atomic E-state index is 0.194. The van der Waals surface area contributed by atoms with Gasteiger partial charge in [-0.2, -0.15) is 0 Å². The van der Waals surface area contributed by atoms with Crippen molar-refractivity contribution in [2.45, 2.75) is 52.2 Å². The number of benzene rings is 3. The molecule has 212 valence electrons. The molecule has 0 radical (unpaired) electrons. The number of halogens is 1. The summed E-state index contributed by atoms with van der Waals surface area (Å²) in [5.74, 6) is -0.584. The lowest BCUT2D eigenvalue weighted by atomic mass is 9.83. The average Bonchev–Trinajstić information content (AvgIpc) is 2.94. The molecule has 40 heavy (non-hydrogen) atoms. The lowest BCUT2D eigenvalue weighted by molar-refractivity contribution is -0.163. The smallest absolute Gasteiger partial charge is 0.312 e. The van der Waals surface area contributed by atoms with Crippen LogP contribution in [0.25, 0.3) is 0 Å². The highest BCUT2D eigenvalue weighted by atomic mass is 19.1. The van der Waals surface area contributed by atoms with E-state index in [9.17, 15) is 14.0 Å². The van der Waals surface area contributed by atoms with Gasteiger partial charge in [-0.15, -0.1) is 0 Å². The summed E-state index contributed by atoms with van der Waals surface area (Å²) in [5.41, 5.74) is 2.41. The number of ether oxygens (including phenoxy) is 1. The van der Waals surface area contributed by atoms with Gasteiger partial charge in [-0.1, -0.05) is 81.4 Å². The lowest BCUT2D eigenvalue weighted by Crippen LogP contribution is -2.66. The van der Waals surface area contributed by atoms with E-state index in [1.54, 1.807) is 35.1 Å². The second-order valence-electron chi connectivity index (χ2n) is 11.5. The zero-order chi connectivity index (χ0) is 28.7. The van der Waals surface area contributed by atoms with Crippen LogP contribution in [0.1, 0.15) is 37.5 Å². The Morgan fingerprint density at radius 1 is 0.950 bits per heavy atom. The zero-order valence-corrected chi connectivity index (χ0v) is 23.9. The molecule has 2 amide bonds. The maximum Gasteiger partial charge on any atom is 0.312 e. The molecule has 1 N–H and O–H groups in total. The minimum atomic E-state index is -0.533. The van der Waals surface area contributed by atoms with Gasteiger partial charge in [0.05, 0.1) is 13.2 Å². The van der Waals surface area contributed by atoms with Gasteiger partial charge in [0.2, 0.25) is 0 Å². The Bertz CT molecular complexity index is 1290. The Morgan fingerprint density at radius 2 is 1.65 bits per heavy atom. The van der Waals surface area contributed by atoms with Gasteiger partial charge < -0.3 is 19.9 Å². The molecule has 0 aromatic heterocycles. The number of nitrogens with zero attached hydrogens (tertiary/aromatic N) is 2. The first-order valence-electron chi connectivity index (χ1n) is 13.9. The maximum atomic E-state index is 14.7. The van der Waals surface area contributed by atoms with Gasteiger partial charge in [0, 0.05) is 32.2 Å². The SMILES string of the molecule is COc1cccc(CCN2C(=O)C(=O)N([C@@H](CNCc3ccccc3)Cc3ccccc3F)C[C@@H]2C(C)(C)C)c1. The summed E-state index contributed by atoms with van der Waals surface area (Å²) in [7, 11) is 1.63. The topological polar surface area (TPSA) is 61.9 Å². The summed E-state index contributed by atoms with van der Waals surface area (Å²) in [4.78, 5) is 30.7. The van der Waals surface area contributed by atoms with E-state index in [0.717, 1.165) is 16.9 Å². The molecule has 0 bridgehead atoms. The third-order valence-corrected chi connectivity index (χ3v) is 7.63. The van der Waals surface area contributed by atoms with Crippen molar-refractivity contribution in [1.82, 2.24) is 15.1 Å². The van der Waals surface area contributed by atoms with Crippen LogP contribution >= 0.6 is 0 Å². The third-order valence-electron chi connectivity index (χ3n) is 7.63. The monoisotopic (exact) mass is 545 g/mol. The number of amides is 2.